The number of benzene rings is 3. The molecule has 3 N–H and O–H groups in total. The lowest BCUT2D eigenvalue weighted by Crippen LogP contribution is -2.15. The van der Waals surface area contributed by atoms with E-state index in [-0.39, 0.29) is 5.75 Å². The molecule has 10 nitrogen and oxygen atoms in total. The summed E-state index contributed by atoms with van der Waals surface area (Å²) in [5, 5.41) is 25.7. The summed E-state index contributed by atoms with van der Waals surface area (Å²) in [5.74, 6) is -1.70. The Morgan fingerprint density at radius 3 is 2.19 bits per heavy atom. The van der Waals surface area contributed by atoms with Crippen LogP contribution in [-0.2, 0) is 16.6 Å². The zero-order valence-electron chi connectivity index (χ0n) is 15.8. The highest BCUT2D eigenvalue weighted by Crippen LogP contribution is 2.38. The summed E-state index contributed by atoms with van der Waals surface area (Å²) < 4.78 is 34.9. The van der Waals surface area contributed by atoms with Crippen molar-refractivity contribution in [3.05, 3.63) is 88.0 Å². The molecule has 3 aromatic rings. The molecule has 0 saturated carbocycles. The van der Waals surface area contributed by atoms with Gasteiger partial charge in [0, 0.05) is 6.07 Å². The Balaban J connectivity index is 1.90. The standard InChI is InChI=1S/C20H16N2O8S/c21-31(27,28)18-11-14(20(23)24)10-17(22(25)26)19(18)30-16-8-6-15(7-9-16)29-12-13-4-2-1-3-5-13/h1-11H,12H2,(H,23,24)(H2,21,27,28). The SMILES string of the molecule is NS(=O)(=O)c1cc(C(=O)O)cc([N+](=O)[O-])c1Oc1ccc(OCc2ccccc2)cc1. The van der Waals surface area contributed by atoms with Crippen molar-refractivity contribution >= 4 is 21.7 Å². The summed E-state index contributed by atoms with van der Waals surface area (Å²) in [4.78, 5) is 20.9. The summed E-state index contributed by atoms with van der Waals surface area (Å²) in [6.45, 7) is 0.318. The van der Waals surface area contributed by atoms with Gasteiger partial charge in [-0.3, -0.25) is 10.1 Å². The van der Waals surface area contributed by atoms with Gasteiger partial charge in [-0.1, -0.05) is 30.3 Å². The van der Waals surface area contributed by atoms with Crippen LogP contribution in [0.1, 0.15) is 15.9 Å². The smallest absolute Gasteiger partial charge is 0.335 e. The van der Waals surface area contributed by atoms with Gasteiger partial charge in [0.1, 0.15) is 23.0 Å². The van der Waals surface area contributed by atoms with Crippen LogP contribution in [0.4, 0.5) is 5.69 Å². The Bertz CT molecular complexity index is 1230. The summed E-state index contributed by atoms with van der Waals surface area (Å²) in [6.07, 6.45) is 0. The summed E-state index contributed by atoms with van der Waals surface area (Å²) in [7, 11) is -4.53. The zero-order valence-corrected chi connectivity index (χ0v) is 16.6. The highest BCUT2D eigenvalue weighted by molar-refractivity contribution is 7.89. The molecule has 31 heavy (non-hydrogen) atoms. The number of hydrogen-bond donors (Lipinski definition) is 2. The highest BCUT2D eigenvalue weighted by Gasteiger charge is 2.29. The molecule has 160 valence electrons. The van der Waals surface area contributed by atoms with Crippen LogP contribution < -0.4 is 14.6 Å². The number of nitrogens with two attached hydrogens (primary N) is 1. The molecular weight excluding hydrogens is 428 g/mol. The molecule has 11 heteroatoms. The van der Waals surface area contributed by atoms with Gasteiger partial charge in [0.15, 0.2) is 0 Å². The highest BCUT2D eigenvalue weighted by atomic mass is 32.2. The van der Waals surface area contributed by atoms with E-state index in [1.807, 2.05) is 30.3 Å². The third kappa shape index (κ3) is 5.35. The first kappa shape index (κ1) is 21.7. The van der Waals surface area contributed by atoms with Crippen LogP contribution in [0, 0.1) is 10.1 Å². The van der Waals surface area contributed by atoms with E-state index in [2.05, 4.69) is 0 Å². The van der Waals surface area contributed by atoms with Crippen LogP contribution in [0.25, 0.3) is 0 Å². The molecule has 0 amide bonds. The van der Waals surface area contributed by atoms with Crippen molar-refractivity contribution in [1.82, 2.24) is 0 Å². The predicted octanol–water partition coefficient (Wildman–Crippen LogP) is 3.31. The first-order chi connectivity index (χ1) is 14.6. The first-order valence-corrected chi connectivity index (χ1v) is 10.2. The topological polar surface area (TPSA) is 159 Å². The molecule has 0 aliphatic carbocycles. The number of carbonyl (C=O) groups is 1. The van der Waals surface area contributed by atoms with E-state index >= 15 is 0 Å². The molecule has 3 rings (SSSR count). The molecule has 0 spiro atoms. The lowest BCUT2D eigenvalue weighted by molar-refractivity contribution is -0.385. The van der Waals surface area contributed by atoms with Crippen molar-refractivity contribution in [2.24, 2.45) is 5.14 Å². The Morgan fingerprint density at radius 2 is 1.65 bits per heavy atom. The normalized spacial score (nSPS) is 11.0. The molecule has 0 bridgehead atoms. The van der Waals surface area contributed by atoms with Crippen molar-refractivity contribution in [3.8, 4) is 17.2 Å². The molecule has 0 aliphatic heterocycles. The van der Waals surface area contributed by atoms with Crippen molar-refractivity contribution < 1.29 is 32.7 Å². The molecular formula is C20H16N2O8S. The van der Waals surface area contributed by atoms with E-state index < -0.39 is 42.8 Å². The van der Waals surface area contributed by atoms with Gasteiger partial charge in [-0.2, -0.15) is 0 Å². The number of nitro benzene ring substituents is 1. The van der Waals surface area contributed by atoms with Gasteiger partial charge < -0.3 is 14.6 Å². The van der Waals surface area contributed by atoms with Crippen LogP contribution in [0.15, 0.2) is 71.6 Å². The maximum absolute atomic E-state index is 11.9. The average molecular weight is 444 g/mol. The number of carboxylic acids is 1. The van der Waals surface area contributed by atoms with Gasteiger partial charge in [0.25, 0.3) is 0 Å². The Morgan fingerprint density at radius 1 is 1.03 bits per heavy atom. The van der Waals surface area contributed by atoms with Gasteiger partial charge in [0.05, 0.1) is 10.5 Å². The van der Waals surface area contributed by atoms with Crippen molar-refractivity contribution in [2.75, 3.05) is 0 Å². The van der Waals surface area contributed by atoms with Crippen LogP contribution in [0.2, 0.25) is 0 Å². The van der Waals surface area contributed by atoms with Crippen molar-refractivity contribution in [3.63, 3.8) is 0 Å². The fraction of sp³-hybridized carbons (Fsp3) is 0.0500. The van der Waals surface area contributed by atoms with E-state index in [0.717, 1.165) is 5.56 Å². The molecule has 3 aromatic carbocycles. The molecule has 0 atom stereocenters. The number of carboxylic acid groups (broad SMARTS) is 1. The van der Waals surface area contributed by atoms with Crippen LogP contribution in [0.3, 0.4) is 0 Å². The quantitative estimate of drug-likeness (QED) is 0.395. The molecule has 0 saturated heterocycles. The number of hydrogen-bond acceptors (Lipinski definition) is 7. The number of ether oxygens (including phenoxy) is 2. The molecule has 0 radical (unpaired) electrons. The number of nitro groups is 1. The Labute approximate surface area is 176 Å². The second kappa shape index (κ2) is 8.81. The fourth-order valence-electron chi connectivity index (χ4n) is 2.62. The predicted molar refractivity (Wildman–Crippen MR) is 109 cm³/mol. The summed E-state index contributed by atoms with van der Waals surface area (Å²) in [5.41, 5.74) is -0.518. The van der Waals surface area contributed by atoms with Gasteiger partial charge in [-0.05, 0) is 35.9 Å². The number of primary sulfonamides is 1. The van der Waals surface area contributed by atoms with E-state index in [4.69, 9.17) is 19.7 Å². The number of nitrogens with zero attached hydrogens (tertiary/aromatic N) is 1. The second-order valence-electron chi connectivity index (χ2n) is 6.28. The third-order valence-corrected chi connectivity index (χ3v) is 4.99. The van der Waals surface area contributed by atoms with Crippen molar-refractivity contribution in [1.29, 1.82) is 0 Å². The lowest BCUT2D eigenvalue weighted by atomic mass is 10.2. The summed E-state index contributed by atoms with van der Waals surface area (Å²) >= 11 is 0. The van der Waals surface area contributed by atoms with Gasteiger partial charge in [0.2, 0.25) is 15.8 Å². The molecule has 0 aromatic heterocycles. The molecule has 0 fully saturated rings. The maximum Gasteiger partial charge on any atom is 0.335 e. The fourth-order valence-corrected chi connectivity index (χ4v) is 3.32. The largest absolute Gasteiger partial charge is 0.489 e. The van der Waals surface area contributed by atoms with Crippen LogP contribution in [0.5, 0.6) is 17.2 Å². The minimum atomic E-state index is -4.53. The first-order valence-electron chi connectivity index (χ1n) is 8.68. The van der Waals surface area contributed by atoms with E-state index in [9.17, 15) is 23.3 Å². The minimum Gasteiger partial charge on any atom is -0.489 e. The Hall–Kier alpha value is -3.96. The lowest BCUT2D eigenvalue weighted by Gasteiger charge is -2.12. The van der Waals surface area contributed by atoms with E-state index in [0.29, 0.717) is 24.5 Å². The average Bonchev–Trinajstić information content (AvgIpc) is 2.73. The number of aromatic carboxylic acids is 1. The maximum atomic E-state index is 11.9. The van der Waals surface area contributed by atoms with Crippen LogP contribution >= 0.6 is 0 Å². The van der Waals surface area contributed by atoms with Crippen LogP contribution in [-0.4, -0.2) is 24.4 Å². The third-order valence-electron chi connectivity index (χ3n) is 4.08. The Kier molecular flexibility index (Phi) is 6.18. The monoisotopic (exact) mass is 444 g/mol. The zero-order chi connectivity index (χ0) is 22.6. The second-order valence-corrected chi connectivity index (χ2v) is 7.81. The van der Waals surface area contributed by atoms with E-state index in [1.54, 1.807) is 0 Å². The van der Waals surface area contributed by atoms with E-state index in [1.165, 1.54) is 24.3 Å². The molecule has 0 aliphatic rings. The minimum absolute atomic E-state index is 0.0585. The van der Waals surface area contributed by atoms with Gasteiger partial charge >= 0.3 is 11.7 Å². The van der Waals surface area contributed by atoms with Gasteiger partial charge in [-0.25, -0.2) is 18.4 Å². The number of sulfonamides is 1. The number of rotatable bonds is 8. The van der Waals surface area contributed by atoms with Gasteiger partial charge in [-0.15, -0.1) is 0 Å². The summed E-state index contributed by atoms with van der Waals surface area (Å²) in [6, 6.07) is 16.7. The molecule has 0 unspecified atom stereocenters. The van der Waals surface area contributed by atoms with Crippen molar-refractivity contribution in [2.45, 2.75) is 11.5 Å². The molecule has 0 heterocycles.